The van der Waals surface area contributed by atoms with E-state index in [2.05, 4.69) is 10.6 Å². The van der Waals surface area contributed by atoms with Gasteiger partial charge in [-0.15, -0.1) is 0 Å². The molecule has 7 heteroatoms. The molecule has 2 N–H and O–H groups in total. The summed E-state index contributed by atoms with van der Waals surface area (Å²) in [6.07, 6.45) is 1.61. The van der Waals surface area contributed by atoms with Crippen molar-refractivity contribution >= 4 is 34.6 Å². The van der Waals surface area contributed by atoms with Crippen molar-refractivity contribution in [1.82, 2.24) is 5.32 Å². The van der Waals surface area contributed by atoms with Crippen LogP contribution in [-0.2, 0) is 6.54 Å². The molecule has 0 aliphatic rings. The van der Waals surface area contributed by atoms with Crippen LogP contribution < -0.4 is 20.1 Å². The van der Waals surface area contributed by atoms with Crippen molar-refractivity contribution in [2.24, 2.45) is 0 Å². The van der Waals surface area contributed by atoms with E-state index in [9.17, 15) is 0 Å². The minimum atomic E-state index is 0.439. The largest absolute Gasteiger partial charge is 0.495 e. The van der Waals surface area contributed by atoms with Crippen LogP contribution in [0.3, 0.4) is 0 Å². The highest BCUT2D eigenvalue weighted by molar-refractivity contribution is 7.80. The molecule has 0 amide bonds. The summed E-state index contributed by atoms with van der Waals surface area (Å²) in [7, 11) is 3.10. The third-order valence-electron chi connectivity index (χ3n) is 2.73. The van der Waals surface area contributed by atoms with Gasteiger partial charge in [0.2, 0.25) is 0 Å². The van der Waals surface area contributed by atoms with E-state index in [1.165, 1.54) is 0 Å². The maximum atomic E-state index is 6.05. The number of furan rings is 1. The van der Waals surface area contributed by atoms with Crippen LogP contribution in [0.15, 0.2) is 34.9 Å². The summed E-state index contributed by atoms with van der Waals surface area (Å²) >= 11 is 11.3. The van der Waals surface area contributed by atoms with Crippen LogP contribution in [0.5, 0.6) is 11.5 Å². The van der Waals surface area contributed by atoms with Gasteiger partial charge in [-0.2, -0.15) is 0 Å². The van der Waals surface area contributed by atoms with Crippen molar-refractivity contribution in [3.8, 4) is 11.5 Å². The molecule has 0 aliphatic carbocycles. The van der Waals surface area contributed by atoms with E-state index in [4.69, 9.17) is 37.7 Å². The van der Waals surface area contributed by atoms with Gasteiger partial charge in [-0.05, 0) is 24.4 Å². The fourth-order valence-corrected chi connectivity index (χ4v) is 2.12. The van der Waals surface area contributed by atoms with Gasteiger partial charge >= 0.3 is 0 Å². The summed E-state index contributed by atoms with van der Waals surface area (Å²) in [6.45, 7) is 0.492. The molecule has 0 saturated heterocycles. The average molecular weight is 327 g/mol. The first kappa shape index (κ1) is 15.5. The van der Waals surface area contributed by atoms with E-state index in [0.717, 1.165) is 5.76 Å². The minimum Gasteiger partial charge on any atom is -0.495 e. The van der Waals surface area contributed by atoms with Crippen LogP contribution in [0.25, 0.3) is 0 Å². The molecule has 21 heavy (non-hydrogen) atoms. The molecule has 5 nitrogen and oxygen atoms in total. The Morgan fingerprint density at radius 2 is 2.05 bits per heavy atom. The standard InChI is InChI=1S/C14H15ClN2O3S/c1-18-12-7-11(13(19-2)6-10(12)15)17-14(21)16-8-9-4-3-5-20-9/h3-7H,8H2,1-2H3,(H2,16,17,21). The number of anilines is 1. The topological polar surface area (TPSA) is 55.7 Å². The van der Waals surface area contributed by atoms with Gasteiger partial charge in [-0.25, -0.2) is 0 Å². The predicted molar refractivity (Wildman–Crippen MR) is 86.3 cm³/mol. The molecule has 1 aromatic heterocycles. The van der Waals surface area contributed by atoms with Crippen molar-refractivity contribution in [3.63, 3.8) is 0 Å². The Morgan fingerprint density at radius 3 is 2.67 bits per heavy atom. The molecule has 1 heterocycles. The lowest BCUT2D eigenvalue weighted by Gasteiger charge is -2.15. The quantitative estimate of drug-likeness (QED) is 0.821. The normalized spacial score (nSPS) is 10.0. The molecular formula is C14H15ClN2O3S. The molecule has 0 saturated carbocycles. The second kappa shape index (κ2) is 7.19. The summed E-state index contributed by atoms with van der Waals surface area (Å²) in [5.41, 5.74) is 0.663. The summed E-state index contributed by atoms with van der Waals surface area (Å²) < 4.78 is 15.7. The van der Waals surface area contributed by atoms with Crippen LogP contribution in [0, 0.1) is 0 Å². The number of hydrogen-bond acceptors (Lipinski definition) is 4. The number of halogens is 1. The third kappa shape index (κ3) is 4.03. The number of thiocarbonyl (C=S) groups is 1. The Bertz CT molecular complexity index is 617. The lowest BCUT2D eigenvalue weighted by Crippen LogP contribution is -2.27. The minimum absolute atomic E-state index is 0.439. The first-order chi connectivity index (χ1) is 10.1. The Labute approximate surface area is 133 Å². The number of hydrogen-bond donors (Lipinski definition) is 2. The van der Waals surface area contributed by atoms with Crippen molar-refractivity contribution < 1.29 is 13.9 Å². The zero-order valence-corrected chi connectivity index (χ0v) is 13.2. The maximum absolute atomic E-state index is 6.05. The van der Waals surface area contributed by atoms with Gasteiger partial charge in [0.05, 0.1) is 37.7 Å². The molecule has 0 bridgehead atoms. The van der Waals surface area contributed by atoms with Gasteiger partial charge < -0.3 is 24.5 Å². The zero-order chi connectivity index (χ0) is 15.2. The number of benzene rings is 1. The van der Waals surface area contributed by atoms with Gasteiger partial charge in [0.25, 0.3) is 0 Å². The Kier molecular flexibility index (Phi) is 5.30. The van der Waals surface area contributed by atoms with E-state index in [0.29, 0.717) is 33.9 Å². The first-order valence-electron chi connectivity index (χ1n) is 6.12. The van der Waals surface area contributed by atoms with Crippen LogP contribution in [-0.4, -0.2) is 19.3 Å². The van der Waals surface area contributed by atoms with E-state index < -0.39 is 0 Å². The monoisotopic (exact) mass is 326 g/mol. The van der Waals surface area contributed by atoms with E-state index in [1.54, 1.807) is 32.6 Å². The molecule has 0 unspecified atom stereocenters. The lowest BCUT2D eigenvalue weighted by molar-refractivity contribution is 0.405. The maximum Gasteiger partial charge on any atom is 0.171 e. The Hall–Kier alpha value is -1.92. The average Bonchev–Trinajstić information content (AvgIpc) is 2.99. The van der Waals surface area contributed by atoms with E-state index >= 15 is 0 Å². The molecule has 112 valence electrons. The summed E-state index contributed by atoms with van der Waals surface area (Å²) in [5.74, 6) is 1.90. The van der Waals surface area contributed by atoms with Crippen LogP contribution in [0.2, 0.25) is 5.02 Å². The summed E-state index contributed by atoms with van der Waals surface area (Å²) in [6, 6.07) is 7.07. The van der Waals surface area contributed by atoms with E-state index in [-0.39, 0.29) is 0 Å². The number of nitrogens with one attached hydrogen (secondary N) is 2. The highest BCUT2D eigenvalue weighted by Gasteiger charge is 2.11. The van der Waals surface area contributed by atoms with Crippen LogP contribution in [0.1, 0.15) is 5.76 Å². The molecule has 0 radical (unpaired) electrons. The molecule has 0 aliphatic heterocycles. The van der Waals surface area contributed by atoms with Crippen LogP contribution >= 0.6 is 23.8 Å². The van der Waals surface area contributed by atoms with E-state index in [1.807, 2.05) is 12.1 Å². The van der Waals surface area contributed by atoms with Gasteiger partial charge in [0.1, 0.15) is 17.3 Å². The highest BCUT2D eigenvalue weighted by Crippen LogP contribution is 2.35. The molecule has 0 fully saturated rings. The number of ether oxygens (including phenoxy) is 2. The molecule has 1 aromatic carbocycles. The Balaban J connectivity index is 2.05. The molecule has 0 spiro atoms. The smallest absolute Gasteiger partial charge is 0.171 e. The number of methoxy groups -OCH3 is 2. The third-order valence-corrected chi connectivity index (χ3v) is 3.27. The first-order valence-corrected chi connectivity index (χ1v) is 6.91. The fourth-order valence-electron chi connectivity index (χ4n) is 1.71. The lowest BCUT2D eigenvalue weighted by atomic mass is 10.2. The number of rotatable bonds is 5. The van der Waals surface area contributed by atoms with Crippen molar-refractivity contribution in [3.05, 3.63) is 41.3 Å². The summed E-state index contributed by atoms with van der Waals surface area (Å²) in [4.78, 5) is 0. The van der Waals surface area contributed by atoms with Gasteiger partial charge in [0, 0.05) is 12.1 Å². The second-order valence-corrected chi connectivity index (χ2v) is 4.89. The highest BCUT2D eigenvalue weighted by atomic mass is 35.5. The molecular weight excluding hydrogens is 312 g/mol. The summed E-state index contributed by atoms with van der Waals surface area (Å²) in [5, 5.41) is 6.98. The van der Waals surface area contributed by atoms with Gasteiger partial charge in [-0.3, -0.25) is 0 Å². The molecule has 2 rings (SSSR count). The predicted octanol–water partition coefficient (Wildman–Crippen LogP) is 3.44. The fraction of sp³-hybridized carbons (Fsp3) is 0.214. The molecule has 2 aromatic rings. The van der Waals surface area contributed by atoms with Crippen molar-refractivity contribution in [1.29, 1.82) is 0 Å². The second-order valence-electron chi connectivity index (χ2n) is 4.07. The van der Waals surface area contributed by atoms with Crippen LogP contribution in [0.4, 0.5) is 5.69 Å². The van der Waals surface area contributed by atoms with Crippen molar-refractivity contribution in [2.45, 2.75) is 6.54 Å². The molecule has 0 atom stereocenters. The SMILES string of the molecule is COc1cc(NC(=S)NCc2ccco2)c(OC)cc1Cl. The van der Waals surface area contributed by atoms with Gasteiger partial charge in [0.15, 0.2) is 5.11 Å². The van der Waals surface area contributed by atoms with Gasteiger partial charge in [-0.1, -0.05) is 11.6 Å². The Morgan fingerprint density at radius 1 is 1.29 bits per heavy atom. The zero-order valence-electron chi connectivity index (χ0n) is 11.6. The van der Waals surface area contributed by atoms with Crippen molar-refractivity contribution in [2.75, 3.05) is 19.5 Å².